The summed E-state index contributed by atoms with van der Waals surface area (Å²) in [6.07, 6.45) is -0.344. The van der Waals surface area contributed by atoms with Crippen LogP contribution < -0.4 is 5.73 Å². The van der Waals surface area contributed by atoms with Gasteiger partial charge in [0.15, 0.2) is 0 Å². The summed E-state index contributed by atoms with van der Waals surface area (Å²) in [4.78, 5) is -0.461. The Bertz CT molecular complexity index is 579. The van der Waals surface area contributed by atoms with E-state index in [1.165, 1.54) is 0 Å². The zero-order chi connectivity index (χ0) is 13.5. The molecule has 1 heterocycles. The lowest BCUT2D eigenvalue weighted by molar-refractivity contribution is 0.189. The second kappa shape index (κ2) is 4.76. The maximum atomic E-state index is 13.7. The van der Waals surface area contributed by atoms with Gasteiger partial charge in [-0.1, -0.05) is 0 Å². The second-order valence-corrected chi connectivity index (χ2v) is 6.87. The quantitative estimate of drug-likeness (QED) is 0.785. The van der Waals surface area contributed by atoms with Crippen molar-refractivity contribution in [1.29, 1.82) is 0 Å². The summed E-state index contributed by atoms with van der Waals surface area (Å²) in [5.41, 5.74) is 5.71. The molecule has 8 heteroatoms. The van der Waals surface area contributed by atoms with Crippen LogP contribution in [0.3, 0.4) is 0 Å². The molecule has 0 aromatic heterocycles. The van der Waals surface area contributed by atoms with Gasteiger partial charge in [0.05, 0.1) is 6.10 Å². The Balaban J connectivity index is 2.45. The van der Waals surface area contributed by atoms with Crippen LogP contribution in [0.4, 0.5) is 10.1 Å². The molecule has 1 aromatic carbocycles. The molecule has 1 aliphatic heterocycles. The average molecular weight is 339 g/mol. The highest BCUT2D eigenvalue weighted by Gasteiger charge is 2.33. The third kappa shape index (κ3) is 2.37. The summed E-state index contributed by atoms with van der Waals surface area (Å²) in [5, 5.41) is 9.35. The van der Waals surface area contributed by atoms with Crippen LogP contribution >= 0.6 is 15.9 Å². The summed E-state index contributed by atoms with van der Waals surface area (Å²) in [5.74, 6) is -0.863. The topological polar surface area (TPSA) is 83.6 Å². The normalized spacial score (nSPS) is 21.4. The van der Waals surface area contributed by atoms with Gasteiger partial charge in [0.1, 0.15) is 10.7 Å². The fourth-order valence-electron chi connectivity index (χ4n) is 1.81. The van der Waals surface area contributed by atoms with E-state index < -0.39 is 26.8 Å². The monoisotopic (exact) mass is 338 g/mol. The molecule has 0 amide bonds. The minimum Gasteiger partial charge on any atom is -0.398 e. The van der Waals surface area contributed by atoms with E-state index in [1.54, 1.807) is 0 Å². The first-order valence-electron chi connectivity index (χ1n) is 5.25. The molecule has 1 aromatic rings. The number of aliphatic hydroxyl groups excluding tert-OH is 1. The average Bonchev–Trinajstić information content (AvgIpc) is 2.70. The first-order valence-corrected chi connectivity index (χ1v) is 7.48. The van der Waals surface area contributed by atoms with E-state index in [1.807, 2.05) is 0 Å². The highest BCUT2D eigenvalue weighted by atomic mass is 79.9. The van der Waals surface area contributed by atoms with E-state index in [2.05, 4.69) is 15.9 Å². The van der Waals surface area contributed by atoms with Crippen LogP contribution in [0.25, 0.3) is 0 Å². The van der Waals surface area contributed by atoms with E-state index in [4.69, 9.17) is 5.73 Å². The number of anilines is 1. The number of halogens is 2. The largest absolute Gasteiger partial charge is 0.398 e. The van der Waals surface area contributed by atoms with Gasteiger partial charge in [-0.3, -0.25) is 0 Å². The lowest BCUT2D eigenvalue weighted by atomic mass is 10.3. The number of hydrogen-bond acceptors (Lipinski definition) is 4. The molecule has 0 saturated carbocycles. The number of nitrogen functional groups attached to an aromatic ring is 1. The standard InChI is InChI=1S/C10H12BrFN2O3S/c11-7-3-8(12)10(4-9(7)13)18(16,17)14-2-1-6(15)5-14/h3-4,6,15H,1-2,5,13H2/t6-/m0/s1. The summed E-state index contributed by atoms with van der Waals surface area (Å²) in [6.45, 7) is 0.163. The Morgan fingerprint density at radius 2 is 2.17 bits per heavy atom. The molecule has 1 fully saturated rings. The van der Waals surface area contributed by atoms with Crippen molar-refractivity contribution in [2.24, 2.45) is 0 Å². The van der Waals surface area contributed by atoms with Crippen LogP contribution in [0.5, 0.6) is 0 Å². The van der Waals surface area contributed by atoms with Crippen molar-refractivity contribution in [2.45, 2.75) is 17.4 Å². The second-order valence-electron chi connectivity index (χ2n) is 4.11. The van der Waals surface area contributed by atoms with Gasteiger partial charge >= 0.3 is 0 Å². The third-order valence-corrected chi connectivity index (χ3v) is 5.36. The molecule has 5 nitrogen and oxygen atoms in total. The number of nitrogens with zero attached hydrogens (tertiary/aromatic N) is 1. The van der Waals surface area contributed by atoms with Crippen molar-refractivity contribution in [3.05, 3.63) is 22.4 Å². The van der Waals surface area contributed by atoms with Crippen LogP contribution in [-0.2, 0) is 10.0 Å². The van der Waals surface area contributed by atoms with Gasteiger partial charge in [-0.2, -0.15) is 4.31 Å². The Morgan fingerprint density at radius 3 is 2.72 bits per heavy atom. The van der Waals surface area contributed by atoms with Crippen molar-refractivity contribution in [3.8, 4) is 0 Å². The molecule has 2 rings (SSSR count). The molecule has 1 atom stereocenters. The maximum absolute atomic E-state index is 13.7. The highest BCUT2D eigenvalue weighted by molar-refractivity contribution is 9.10. The maximum Gasteiger partial charge on any atom is 0.246 e. The first-order chi connectivity index (χ1) is 8.32. The number of sulfonamides is 1. The predicted molar refractivity (Wildman–Crippen MR) is 67.9 cm³/mol. The smallest absolute Gasteiger partial charge is 0.246 e. The van der Waals surface area contributed by atoms with E-state index >= 15 is 0 Å². The molecule has 0 spiro atoms. The lowest BCUT2D eigenvalue weighted by Crippen LogP contribution is -2.30. The zero-order valence-electron chi connectivity index (χ0n) is 9.31. The molecule has 1 saturated heterocycles. The summed E-state index contributed by atoms with van der Waals surface area (Å²) >= 11 is 3.03. The van der Waals surface area contributed by atoms with E-state index in [9.17, 15) is 17.9 Å². The van der Waals surface area contributed by atoms with Gasteiger partial charge in [0.25, 0.3) is 0 Å². The molecule has 0 unspecified atom stereocenters. The van der Waals surface area contributed by atoms with Crippen LogP contribution in [0, 0.1) is 5.82 Å². The van der Waals surface area contributed by atoms with Crippen LogP contribution in [0.1, 0.15) is 6.42 Å². The molecule has 0 radical (unpaired) electrons. The SMILES string of the molecule is Nc1cc(S(=O)(=O)N2CC[C@H](O)C2)c(F)cc1Br. The summed E-state index contributed by atoms with van der Waals surface area (Å²) in [6, 6.07) is 2.11. The van der Waals surface area contributed by atoms with Crippen molar-refractivity contribution in [1.82, 2.24) is 4.31 Å². The minimum atomic E-state index is -3.94. The Hall–Kier alpha value is -0.700. The van der Waals surface area contributed by atoms with Crippen molar-refractivity contribution in [3.63, 3.8) is 0 Å². The van der Waals surface area contributed by atoms with Gasteiger partial charge in [-0.15, -0.1) is 0 Å². The minimum absolute atomic E-state index is 0.0161. The number of aliphatic hydroxyl groups is 1. The number of hydrogen-bond donors (Lipinski definition) is 2. The molecule has 1 aliphatic rings. The summed E-state index contributed by atoms with van der Waals surface area (Å²) in [7, 11) is -3.94. The molecular formula is C10H12BrFN2O3S. The fraction of sp³-hybridized carbons (Fsp3) is 0.400. The number of nitrogens with two attached hydrogens (primary N) is 1. The molecule has 18 heavy (non-hydrogen) atoms. The van der Waals surface area contributed by atoms with Crippen LogP contribution in [0.15, 0.2) is 21.5 Å². The lowest BCUT2D eigenvalue weighted by Gasteiger charge is -2.16. The van der Waals surface area contributed by atoms with Gasteiger partial charge in [0.2, 0.25) is 10.0 Å². The van der Waals surface area contributed by atoms with E-state index in [-0.39, 0.29) is 18.8 Å². The van der Waals surface area contributed by atoms with Crippen molar-refractivity contribution < 1.29 is 17.9 Å². The fourth-order valence-corrected chi connectivity index (χ4v) is 3.70. The molecule has 100 valence electrons. The highest BCUT2D eigenvalue weighted by Crippen LogP contribution is 2.29. The Kier molecular flexibility index (Phi) is 3.63. The first kappa shape index (κ1) is 13.7. The summed E-state index contributed by atoms with van der Waals surface area (Å²) < 4.78 is 39.4. The van der Waals surface area contributed by atoms with Crippen molar-refractivity contribution in [2.75, 3.05) is 18.8 Å². The van der Waals surface area contributed by atoms with Gasteiger partial charge < -0.3 is 10.8 Å². The number of rotatable bonds is 2. The molecule has 3 N–H and O–H groups in total. The molecule has 0 aliphatic carbocycles. The number of benzene rings is 1. The van der Waals surface area contributed by atoms with Crippen LogP contribution in [0.2, 0.25) is 0 Å². The Morgan fingerprint density at radius 1 is 1.50 bits per heavy atom. The number of β-amino-alcohol motifs (C(OH)–C–C–N with tert-alkyl or cyclic N) is 1. The molecule has 0 bridgehead atoms. The van der Waals surface area contributed by atoms with Crippen LogP contribution in [-0.4, -0.2) is 37.0 Å². The van der Waals surface area contributed by atoms with E-state index in [0.29, 0.717) is 10.9 Å². The predicted octanol–water partition coefficient (Wildman–Crippen LogP) is 0.926. The molecular weight excluding hydrogens is 327 g/mol. The van der Waals surface area contributed by atoms with Gasteiger partial charge in [-0.25, -0.2) is 12.8 Å². The van der Waals surface area contributed by atoms with Gasteiger partial charge in [-0.05, 0) is 34.5 Å². The van der Waals surface area contributed by atoms with Gasteiger partial charge in [0, 0.05) is 23.2 Å². The third-order valence-electron chi connectivity index (χ3n) is 2.80. The zero-order valence-corrected chi connectivity index (χ0v) is 11.7. The van der Waals surface area contributed by atoms with E-state index in [0.717, 1.165) is 16.4 Å². The van der Waals surface area contributed by atoms with Crippen molar-refractivity contribution >= 4 is 31.6 Å². The Labute approximate surface area is 113 Å².